The summed E-state index contributed by atoms with van der Waals surface area (Å²) in [5.41, 5.74) is -4.12. The molecule has 0 atom stereocenters. The molecule has 3 rings (SSSR count). The fourth-order valence-corrected chi connectivity index (χ4v) is 2.97. The van der Waals surface area contributed by atoms with Crippen LogP contribution < -0.4 is 5.73 Å². The number of fused-ring (bicyclic) bond motifs is 1. The monoisotopic (exact) mass is 416 g/mol. The van der Waals surface area contributed by atoms with Gasteiger partial charge in [-0.25, -0.2) is 13.8 Å². The van der Waals surface area contributed by atoms with E-state index in [9.17, 15) is 35.1 Å². The normalized spacial score (nSPS) is 17.6. The van der Waals surface area contributed by atoms with Crippen LogP contribution in [0.4, 0.5) is 40.9 Å². The van der Waals surface area contributed by atoms with Gasteiger partial charge in [0.25, 0.3) is 0 Å². The first-order valence-electron chi connectivity index (χ1n) is 6.62. The maximum Gasteiger partial charge on any atom is 0.446 e. The molecular weight excluding hydrogens is 412 g/mol. The fraction of sp³-hybridized carbons (Fsp3) is 0.231. The van der Waals surface area contributed by atoms with E-state index in [-0.39, 0.29) is 16.8 Å². The molecule has 1 aromatic carbocycles. The van der Waals surface area contributed by atoms with Crippen LogP contribution in [0.1, 0.15) is 16.8 Å². The zero-order valence-corrected chi connectivity index (χ0v) is 13.2. The molecule has 0 amide bonds. The Hall–Kier alpha value is -2.53. The highest BCUT2D eigenvalue weighted by Gasteiger charge is 2.58. The Kier molecular flexibility index (Phi) is 4.08. The van der Waals surface area contributed by atoms with Crippen LogP contribution in [-0.4, -0.2) is 15.3 Å². The Morgan fingerprint density at radius 3 is 2.22 bits per heavy atom. The third-order valence-electron chi connectivity index (χ3n) is 3.40. The van der Waals surface area contributed by atoms with Gasteiger partial charge in [0.05, 0.1) is 16.0 Å². The lowest BCUT2D eigenvalue weighted by Gasteiger charge is -2.11. The Morgan fingerprint density at radius 1 is 1.15 bits per heavy atom. The Morgan fingerprint density at radius 2 is 1.70 bits per heavy atom. The number of benzene rings is 1. The largest absolute Gasteiger partial charge is 0.446 e. The molecule has 144 valence electrons. The molecule has 2 heterocycles. The minimum atomic E-state index is -4.88. The molecule has 0 bridgehead atoms. The number of thioether (sulfide) groups is 1. The number of alkyl halides is 7. The minimum Gasteiger partial charge on any atom is -0.383 e. The lowest BCUT2D eigenvalue weighted by Crippen LogP contribution is -2.17. The first-order chi connectivity index (χ1) is 12.3. The summed E-state index contributed by atoms with van der Waals surface area (Å²) in [6.07, 6.45) is -8.98. The summed E-state index contributed by atoms with van der Waals surface area (Å²) in [6, 6.07) is 1.56. The topological polar surface area (TPSA) is 76.9 Å². The molecule has 0 radical (unpaired) electrons. The summed E-state index contributed by atoms with van der Waals surface area (Å²) in [7, 11) is 0. The van der Waals surface area contributed by atoms with E-state index in [1.54, 1.807) is 0 Å². The van der Waals surface area contributed by atoms with Crippen LogP contribution in [0.5, 0.6) is 0 Å². The second kappa shape index (κ2) is 5.73. The van der Waals surface area contributed by atoms with Gasteiger partial charge in [0.15, 0.2) is 5.69 Å². The predicted molar refractivity (Wildman–Crippen MR) is 73.4 cm³/mol. The number of halogens is 8. The molecule has 1 aromatic heterocycles. The summed E-state index contributed by atoms with van der Waals surface area (Å²) < 4.78 is 110. The van der Waals surface area contributed by atoms with Crippen molar-refractivity contribution in [3.05, 3.63) is 34.8 Å². The van der Waals surface area contributed by atoms with E-state index >= 15 is 0 Å². The number of hydrogen-bond donors (Lipinski definition) is 1. The van der Waals surface area contributed by atoms with Crippen molar-refractivity contribution in [3.63, 3.8) is 0 Å². The van der Waals surface area contributed by atoms with Crippen molar-refractivity contribution < 1.29 is 39.9 Å². The fourth-order valence-electron chi connectivity index (χ4n) is 2.37. The zero-order valence-electron chi connectivity index (χ0n) is 12.4. The zero-order chi connectivity index (χ0) is 20.4. The van der Waals surface area contributed by atoms with Gasteiger partial charge in [0, 0.05) is 0 Å². The average molecular weight is 416 g/mol. The summed E-state index contributed by atoms with van der Waals surface area (Å²) in [4.78, 5) is -0.891. The number of nitrogen functional groups attached to an aromatic ring is 1. The summed E-state index contributed by atoms with van der Waals surface area (Å²) in [5.74, 6) is -2.43. The molecule has 2 N–H and O–H groups in total. The molecule has 1 aliphatic rings. The van der Waals surface area contributed by atoms with Crippen molar-refractivity contribution >= 4 is 17.6 Å². The molecule has 5 nitrogen and oxygen atoms in total. The van der Waals surface area contributed by atoms with Crippen LogP contribution in [0.2, 0.25) is 0 Å². The van der Waals surface area contributed by atoms with Crippen LogP contribution >= 0.6 is 11.8 Å². The smallest absolute Gasteiger partial charge is 0.383 e. The number of nitriles is 1. The summed E-state index contributed by atoms with van der Waals surface area (Å²) in [5, 5.41) is 12.2. The number of aromatic nitrogens is 2. The van der Waals surface area contributed by atoms with Crippen LogP contribution in [0.3, 0.4) is 0 Å². The molecule has 0 fully saturated rings. The van der Waals surface area contributed by atoms with Crippen molar-refractivity contribution in [2.45, 2.75) is 22.6 Å². The highest BCUT2D eigenvalue weighted by molar-refractivity contribution is 8.00. The lowest BCUT2D eigenvalue weighted by atomic mass is 10.1. The van der Waals surface area contributed by atoms with E-state index in [0.717, 1.165) is 0 Å². The average Bonchev–Trinajstić information content (AvgIpc) is 2.89. The van der Waals surface area contributed by atoms with E-state index in [1.807, 2.05) is 0 Å². The molecule has 1 aliphatic heterocycles. The molecule has 14 heteroatoms. The maximum atomic E-state index is 14.2. The summed E-state index contributed by atoms with van der Waals surface area (Å²) in [6.45, 7) is 0. The Bertz CT molecular complexity index is 978. The molecule has 0 unspecified atom stereocenters. The third kappa shape index (κ3) is 3.16. The van der Waals surface area contributed by atoms with Crippen molar-refractivity contribution in [2.75, 3.05) is 5.73 Å². The highest BCUT2D eigenvalue weighted by atomic mass is 32.2. The Labute approximate surface area is 148 Å². The number of hydrogen-bond acceptors (Lipinski definition) is 5. The predicted octanol–water partition coefficient (Wildman–Crippen LogP) is 4.21. The molecular formula is C13H4F8N4OS. The number of ether oxygens (including phenoxy) is 1. The van der Waals surface area contributed by atoms with Gasteiger partial charge < -0.3 is 5.73 Å². The number of nitrogens with zero attached hydrogens (tertiary/aromatic N) is 3. The SMILES string of the molecule is N#Cc1nn(-c2cc3c(cc2F)C(F)(F)OC3(F)F)c(N)c1SC(F)(F)F. The molecule has 27 heavy (non-hydrogen) atoms. The van der Waals surface area contributed by atoms with E-state index < -0.39 is 68.5 Å². The Balaban J connectivity index is 2.21. The standard InChI is InChI=1S/C13H4F8N4OS/c14-6-1-4-5(12(17,18)26-11(4,15)16)2-8(6)25-10(23)9(7(3-22)24-25)27-13(19,20)21/h1-2H,23H2. The molecule has 2 aromatic rings. The molecule has 0 spiro atoms. The van der Waals surface area contributed by atoms with Gasteiger partial charge in [-0.2, -0.15) is 41.1 Å². The molecule has 0 aliphatic carbocycles. The first kappa shape index (κ1) is 19.2. The van der Waals surface area contributed by atoms with Gasteiger partial charge in [-0.05, 0) is 23.9 Å². The van der Waals surface area contributed by atoms with Gasteiger partial charge in [0.2, 0.25) is 0 Å². The van der Waals surface area contributed by atoms with E-state index in [2.05, 4.69) is 9.84 Å². The van der Waals surface area contributed by atoms with Crippen LogP contribution in [0.15, 0.2) is 17.0 Å². The van der Waals surface area contributed by atoms with Gasteiger partial charge in [-0.15, -0.1) is 0 Å². The second-order valence-corrected chi connectivity index (χ2v) is 6.19. The van der Waals surface area contributed by atoms with Crippen LogP contribution in [0.25, 0.3) is 5.69 Å². The number of rotatable bonds is 2. The van der Waals surface area contributed by atoms with Gasteiger partial charge in [-0.1, -0.05) is 0 Å². The van der Waals surface area contributed by atoms with Crippen LogP contribution in [0, 0.1) is 17.1 Å². The lowest BCUT2D eigenvalue weighted by molar-refractivity contribution is -0.369. The minimum absolute atomic E-state index is 0.0370. The number of nitrogens with two attached hydrogens (primary N) is 1. The number of anilines is 1. The highest BCUT2D eigenvalue weighted by Crippen LogP contribution is 2.52. The van der Waals surface area contributed by atoms with Gasteiger partial charge >= 0.3 is 17.7 Å². The molecule has 0 saturated carbocycles. The van der Waals surface area contributed by atoms with Crippen molar-refractivity contribution in [2.24, 2.45) is 0 Å². The van der Waals surface area contributed by atoms with Crippen molar-refractivity contribution in [1.29, 1.82) is 5.26 Å². The second-order valence-electron chi connectivity index (χ2n) is 5.12. The van der Waals surface area contributed by atoms with E-state index in [1.165, 1.54) is 6.07 Å². The summed E-state index contributed by atoms with van der Waals surface area (Å²) >= 11 is -0.821. The van der Waals surface area contributed by atoms with Crippen LogP contribution in [-0.2, 0) is 17.0 Å². The van der Waals surface area contributed by atoms with E-state index in [4.69, 9.17) is 11.0 Å². The van der Waals surface area contributed by atoms with Crippen molar-refractivity contribution in [1.82, 2.24) is 9.78 Å². The quantitative estimate of drug-likeness (QED) is 0.587. The van der Waals surface area contributed by atoms with E-state index in [0.29, 0.717) is 0 Å². The van der Waals surface area contributed by atoms with Gasteiger partial charge in [0.1, 0.15) is 23.4 Å². The van der Waals surface area contributed by atoms with Gasteiger partial charge in [-0.3, -0.25) is 0 Å². The van der Waals surface area contributed by atoms with Crippen molar-refractivity contribution in [3.8, 4) is 11.8 Å². The molecule has 0 saturated heterocycles. The third-order valence-corrected chi connectivity index (χ3v) is 4.24. The first-order valence-corrected chi connectivity index (χ1v) is 7.43. The maximum absolute atomic E-state index is 14.2.